The number of rotatable bonds is 1. The number of carboxylic acid groups (broad SMARTS) is 1. The van der Waals surface area contributed by atoms with Crippen LogP contribution in [0.3, 0.4) is 0 Å². The van der Waals surface area contributed by atoms with E-state index in [0.29, 0.717) is 18.5 Å². The molecule has 1 N–H and O–H groups in total. The molecule has 0 saturated carbocycles. The molecular weight excluding hydrogens is 237 g/mol. The third-order valence-electron chi connectivity index (χ3n) is 2.57. The van der Waals surface area contributed by atoms with Crippen LogP contribution in [0.4, 0.5) is 0 Å². The van der Waals surface area contributed by atoms with Crippen LogP contribution in [0.25, 0.3) is 0 Å². The normalized spacial score (nSPS) is 26.0. The SMILES string of the molecule is O=C(O)C1(Cl)c2ccccc2CCN1Cl. The number of benzene rings is 1. The molecule has 0 aliphatic carbocycles. The van der Waals surface area contributed by atoms with Crippen LogP contribution >= 0.6 is 23.4 Å². The van der Waals surface area contributed by atoms with E-state index in [0.717, 1.165) is 9.98 Å². The first-order chi connectivity index (χ1) is 7.06. The molecule has 1 aromatic rings. The summed E-state index contributed by atoms with van der Waals surface area (Å²) in [5, 5.41) is 9.16. The largest absolute Gasteiger partial charge is 0.479 e. The van der Waals surface area contributed by atoms with Gasteiger partial charge in [-0.15, -0.1) is 0 Å². The molecular formula is C10H9Cl2NO2. The Kier molecular flexibility index (Phi) is 2.63. The number of aliphatic carboxylic acids is 1. The van der Waals surface area contributed by atoms with Gasteiger partial charge >= 0.3 is 5.97 Å². The molecule has 1 heterocycles. The lowest BCUT2D eigenvalue weighted by atomic mass is 9.94. The summed E-state index contributed by atoms with van der Waals surface area (Å²) in [6.45, 7) is 0.425. The van der Waals surface area contributed by atoms with Crippen LogP contribution in [0, 0.1) is 0 Å². The van der Waals surface area contributed by atoms with E-state index in [1.165, 1.54) is 0 Å². The Hall–Kier alpha value is -0.770. The summed E-state index contributed by atoms with van der Waals surface area (Å²) in [6.07, 6.45) is 0.710. The molecule has 0 fully saturated rings. The third kappa shape index (κ3) is 1.51. The zero-order valence-corrected chi connectivity index (χ0v) is 9.29. The van der Waals surface area contributed by atoms with E-state index in [-0.39, 0.29) is 0 Å². The smallest absolute Gasteiger partial charge is 0.345 e. The lowest BCUT2D eigenvalue weighted by molar-refractivity contribution is -0.144. The van der Waals surface area contributed by atoms with Crippen molar-refractivity contribution in [3.8, 4) is 0 Å². The second-order valence-electron chi connectivity index (χ2n) is 3.42. The highest BCUT2D eigenvalue weighted by molar-refractivity contribution is 6.36. The Labute approximate surface area is 97.3 Å². The molecule has 0 spiro atoms. The predicted octanol–water partition coefficient (Wildman–Crippen LogP) is 2.17. The van der Waals surface area contributed by atoms with Crippen LogP contribution in [0.1, 0.15) is 11.1 Å². The third-order valence-corrected chi connectivity index (χ3v) is 3.65. The first-order valence-corrected chi connectivity index (χ1v) is 5.22. The van der Waals surface area contributed by atoms with Crippen LogP contribution in [0.2, 0.25) is 0 Å². The van der Waals surface area contributed by atoms with Crippen LogP contribution in [-0.4, -0.2) is 22.0 Å². The van der Waals surface area contributed by atoms with E-state index in [4.69, 9.17) is 28.5 Å². The number of carbonyl (C=O) groups is 1. The maximum absolute atomic E-state index is 11.2. The maximum atomic E-state index is 11.2. The molecule has 0 saturated heterocycles. The summed E-state index contributed by atoms with van der Waals surface area (Å²) >= 11 is 12.0. The van der Waals surface area contributed by atoms with Gasteiger partial charge in [0, 0.05) is 12.1 Å². The van der Waals surface area contributed by atoms with E-state index < -0.39 is 11.0 Å². The van der Waals surface area contributed by atoms with Crippen molar-refractivity contribution in [2.24, 2.45) is 0 Å². The Morgan fingerprint density at radius 1 is 1.47 bits per heavy atom. The lowest BCUT2D eigenvalue weighted by Crippen LogP contribution is -2.47. The molecule has 0 bridgehead atoms. The highest BCUT2D eigenvalue weighted by Gasteiger charge is 2.47. The summed E-state index contributed by atoms with van der Waals surface area (Å²) in [5.41, 5.74) is 1.49. The minimum Gasteiger partial charge on any atom is -0.479 e. The lowest BCUT2D eigenvalue weighted by Gasteiger charge is -2.36. The van der Waals surface area contributed by atoms with Crippen molar-refractivity contribution in [1.29, 1.82) is 0 Å². The van der Waals surface area contributed by atoms with Gasteiger partial charge in [-0.1, -0.05) is 35.9 Å². The van der Waals surface area contributed by atoms with Crippen LogP contribution in [0.15, 0.2) is 24.3 Å². The van der Waals surface area contributed by atoms with Crippen molar-refractivity contribution >= 4 is 29.3 Å². The zero-order valence-electron chi connectivity index (χ0n) is 7.78. The van der Waals surface area contributed by atoms with Gasteiger partial charge in [0.15, 0.2) is 0 Å². The van der Waals surface area contributed by atoms with Gasteiger partial charge < -0.3 is 5.11 Å². The summed E-state index contributed by atoms with van der Waals surface area (Å²) in [4.78, 5) is 9.55. The van der Waals surface area contributed by atoms with Crippen molar-refractivity contribution in [3.05, 3.63) is 35.4 Å². The zero-order chi connectivity index (χ0) is 11.1. The van der Waals surface area contributed by atoms with Gasteiger partial charge in [-0.25, -0.2) is 4.79 Å². The molecule has 0 amide bonds. The molecule has 0 radical (unpaired) electrons. The van der Waals surface area contributed by atoms with Gasteiger partial charge in [-0.2, -0.15) is 4.42 Å². The van der Waals surface area contributed by atoms with Crippen molar-refractivity contribution < 1.29 is 9.90 Å². The van der Waals surface area contributed by atoms with Crippen molar-refractivity contribution in [1.82, 2.24) is 4.42 Å². The van der Waals surface area contributed by atoms with Gasteiger partial charge in [0.2, 0.25) is 5.00 Å². The van der Waals surface area contributed by atoms with E-state index in [1.54, 1.807) is 12.1 Å². The van der Waals surface area contributed by atoms with Crippen LogP contribution in [0.5, 0.6) is 0 Å². The van der Waals surface area contributed by atoms with Gasteiger partial charge in [0.1, 0.15) is 0 Å². The molecule has 15 heavy (non-hydrogen) atoms. The molecule has 2 rings (SSSR count). The molecule has 1 aliphatic heterocycles. The van der Waals surface area contributed by atoms with Gasteiger partial charge in [0.25, 0.3) is 0 Å². The molecule has 1 atom stereocenters. The number of alkyl halides is 1. The van der Waals surface area contributed by atoms with Crippen LogP contribution in [-0.2, 0) is 16.2 Å². The Bertz CT molecular complexity index is 410. The van der Waals surface area contributed by atoms with Crippen molar-refractivity contribution in [2.75, 3.05) is 6.54 Å². The molecule has 80 valence electrons. The van der Waals surface area contributed by atoms with E-state index >= 15 is 0 Å². The quantitative estimate of drug-likeness (QED) is 0.469. The monoisotopic (exact) mass is 245 g/mol. The minimum atomic E-state index is -1.64. The average molecular weight is 246 g/mol. The molecule has 5 heteroatoms. The van der Waals surface area contributed by atoms with Gasteiger partial charge in [-0.3, -0.25) is 0 Å². The maximum Gasteiger partial charge on any atom is 0.345 e. The fraction of sp³-hybridized carbons (Fsp3) is 0.300. The topological polar surface area (TPSA) is 40.5 Å². The summed E-state index contributed by atoms with van der Waals surface area (Å²) in [7, 11) is 0. The molecule has 1 unspecified atom stereocenters. The van der Waals surface area contributed by atoms with E-state index in [2.05, 4.69) is 0 Å². The fourth-order valence-corrected chi connectivity index (χ4v) is 2.30. The first-order valence-electron chi connectivity index (χ1n) is 4.51. The predicted molar refractivity (Wildman–Crippen MR) is 57.9 cm³/mol. The fourth-order valence-electron chi connectivity index (χ4n) is 1.78. The van der Waals surface area contributed by atoms with Gasteiger partial charge in [0.05, 0.1) is 0 Å². The van der Waals surface area contributed by atoms with E-state index in [1.807, 2.05) is 12.1 Å². The molecule has 0 aromatic heterocycles. The highest BCUT2D eigenvalue weighted by atomic mass is 35.5. The summed E-state index contributed by atoms with van der Waals surface area (Å²) < 4.78 is 1.14. The number of nitrogens with zero attached hydrogens (tertiary/aromatic N) is 1. The number of fused-ring (bicyclic) bond motifs is 1. The van der Waals surface area contributed by atoms with E-state index in [9.17, 15) is 4.79 Å². The van der Waals surface area contributed by atoms with Crippen molar-refractivity contribution in [2.45, 2.75) is 11.4 Å². The molecule has 1 aromatic carbocycles. The van der Waals surface area contributed by atoms with Gasteiger partial charge in [-0.05, 0) is 23.8 Å². The summed E-state index contributed by atoms with van der Waals surface area (Å²) in [5.74, 6) is -1.15. The Morgan fingerprint density at radius 2 is 2.13 bits per heavy atom. The minimum absolute atomic E-state index is 0.425. The van der Waals surface area contributed by atoms with Crippen LogP contribution < -0.4 is 0 Å². The average Bonchev–Trinajstić information content (AvgIpc) is 2.23. The van der Waals surface area contributed by atoms with Crippen molar-refractivity contribution in [3.63, 3.8) is 0 Å². The Morgan fingerprint density at radius 3 is 2.80 bits per heavy atom. The Balaban J connectivity index is 2.60. The summed E-state index contributed by atoms with van der Waals surface area (Å²) in [6, 6.07) is 7.20. The number of halogens is 2. The number of carboxylic acids is 1. The number of hydrogen-bond acceptors (Lipinski definition) is 2. The molecule has 1 aliphatic rings. The highest BCUT2D eigenvalue weighted by Crippen LogP contribution is 2.40. The standard InChI is InChI=1S/C10H9Cl2NO2/c11-10(9(14)15)8-4-2-1-3-7(8)5-6-13(10)12/h1-4H,5-6H2,(H,14,15). The number of hydrogen-bond donors (Lipinski definition) is 1. The second kappa shape index (κ2) is 3.67. The molecule has 3 nitrogen and oxygen atoms in total. The second-order valence-corrected chi connectivity index (χ2v) is 4.38. The first kappa shape index (κ1) is 10.7.